The fourth-order valence-electron chi connectivity index (χ4n) is 0.834. The molecule has 0 atom stereocenters. The lowest BCUT2D eigenvalue weighted by atomic mass is 10.8. The van der Waals surface area contributed by atoms with E-state index < -0.39 is 5.14 Å². The Morgan fingerprint density at radius 2 is 0.824 bits per heavy atom. The van der Waals surface area contributed by atoms with Gasteiger partial charge in [-0.1, -0.05) is 19.4 Å². The largest absolute Gasteiger partial charge is 1.00 e. The third kappa shape index (κ3) is 7.54. The van der Waals surface area contributed by atoms with Gasteiger partial charge in [-0.25, -0.2) is 0 Å². The summed E-state index contributed by atoms with van der Waals surface area (Å²) < 4.78 is 0. The summed E-state index contributed by atoms with van der Waals surface area (Å²) >= 11 is 0. The summed E-state index contributed by atoms with van der Waals surface area (Å²) in [5, 5.41) is 33.4. The lowest BCUT2D eigenvalue weighted by molar-refractivity contribution is -1.47. The Kier molecular flexibility index (Phi) is 10.5. The monoisotopic (exact) mass is 259 g/mol. The van der Waals surface area contributed by atoms with Crippen molar-refractivity contribution in [3.05, 3.63) is 0 Å². The molecule has 106 valence electrons. The van der Waals surface area contributed by atoms with Gasteiger partial charge in [-0.2, -0.15) is 0 Å². The lowest BCUT2D eigenvalue weighted by Gasteiger charge is -2.24. The summed E-state index contributed by atoms with van der Waals surface area (Å²) in [5.74, 6) is 0. The molecular formula is C8H21NO8. The van der Waals surface area contributed by atoms with Gasteiger partial charge >= 0.3 is 0 Å². The van der Waals surface area contributed by atoms with Crippen LogP contribution in [0.15, 0.2) is 0 Å². The molecule has 0 aliphatic carbocycles. The number of quaternary nitrogens is 1. The summed E-state index contributed by atoms with van der Waals surface area (Å²) in [6, 6.07) is 0. The summed E-state index contributed by atoms with van der Waals surface area (Å²) in [6.07, 6.45) is 0. The van der Waals surface area contributed by atoms with E-state index in [1.54, 1.807) is 0 Å². The molecule has 0 unspecified atom stereocenters. The zero-order valence-electron chi connectivity index (χ0n) is 10.5. The van der Waals surface area contributed by atoms with Crippen molar-refractivity contribution in [1.82, 2.24) is 0 Å². The average Bonchev–Trinajstić information content (AvgIpc) is 2.37. The molecule has 0 aromatic rings. The second-order valence-electron chi connectivity index (χ2n) is 2.67. The molecule has 9 heteroatoms. The van der Waals surface area contributed by atoms with Crippen molar-refractivity contribution < 1.29 is 46.3 Å². The van der Waals surface area contributed by atoms with Gasteiger partial charge in [0, 0.05) is 0 Å². The summed E-state index contributed by atoms with van der Waals surface area (Å²) in [6.45, 7) is -1.79. The van der Waals surface area contributed by atoms with Crippen LogP contribution in [0.4, 0.5) is 0 Å². The van der Waals surface area contributed by atoms with E-state index in [4.69, 9.17) is 39.8 Å². The normalized spacial score (nSPS) is 12.0. The second kappa shape index (κ2) is 10.8. The molecule has 0 aromatic carbocycles. The third-order valence-electron chi connectivity index (χ3n) is 1.36. The molecule has 9 nitrogen and oxygen atoms in total. The Labute approximate surface area is 100 Å². The van der Waals surface area contributed by atoms with E-state index in [9.17, 15) is 0 Å². The van der Waals surface area contributed by atoms with Crippen molar-refractivity contribution in [3.63, 3.8) is 0 Å². The van der Waals surface area contributed by atoms with Gasteiger partial charge in [0.05, 0.1) is 26.4 Å². The Morgan fingerprint density at radius 1 is 0.588 bits per heavy atom. The zero-order chi connectivity index (χ0) is 13.0. The van der Waals surface area contributed by atoms with Crippen molar-refractivity contribution in [3.8, 4) is 0 Å². The Bertz CT molecular complexity index is 138. The molecule has 0 aliphatic heterocycles. The molecule has 0 bridgehead atoms. The number of aliphatic hydroxyl groups excluding tert-OH is 4. The van der Waals surface area contributed by atoms with Crippen LogP contribution < -0.4 is 0 Å². The smallest absolute Gasteiger partial charge is 0.247 e. The molecule has 0 fully saturated rings. The molecule has 0 saturated heterocycles. The van der Waals surface area contributed by atoms with Gasteiger partial charge in [0.25, 0.3) is 0 Å². The average molecular weight is 259 g/mol. The molecule has 0 amide bonds. The van der Waals surface area contributed by atoms with Crippen molar-refractivity contribution in [2.24, 2.45) is 0 Å². The van der Waals surface area contributed by atoms with Crippen molar-refractivity contribution in [2.75, 3.05) is 52.9 Å². The quantitative estimate of drug-likeness (QED) is 0.226. The Hall–Kier alpha value is -0.360. The van der Waals surface area contributed by atoms with Gasteiger partial charge in [0.2, 0.25) is 5.14 Å². The lowest BCUT2D eigenvalue weighted by Crippen LogP contribution is -2.49. The molecule has 0 radical (unpaired) electrons. The topological polar surface area (TPSA) is 118 Å². The SMILES string of the molecule is OCCO[N+](OCCO)(OCCO)OCCO.[H-]. The summed E-state index contributed by atoms with van der Waals surface area (Å²) in [5.41, 5.74) is 0. The standard InChI is InChI=1S/C8H20NO8.H/c10-1-5-14-9(15-6-2-11,16-7-3-12)17-8-4-13;/h10-13H,1-8H2;/q+1;-1. The molecule has 4 N–H and O–H groups in total. The highest BCUT2D eigenvalue weighted by atomic mass is 17.4. The van der Waals surface area contributed by atoms with Gasteiger partial charge in [-0.05, 0) is 0 Å². The first-order valence-electron chi connectivity index (χ1n) is 5.15. The predicted molar refractivity (Wildman–Crippen MR) is 53.5 cm³/mol. The molecule has 0 rings (SSSR count). The van der Waals surface area contributed by atoms with Gasteiger partial charge in [-0.3, -0.25) is 0 Å². The first kappa shape index (κ1) is 16.6. The molecule has 0 aromatic heterocycles. The van der Waals surface area contributed by atoms with Gasteiger partial charge in [0.15, 0.2) is 0 Å². The summed E-state index contributed by atoms with van der Waals surface area (Å²) in [7, 11) is 0. The van der Waals surface area contributed by atoms with Gasteiger partial charge in [-0.15, -0.1) is 0 Å². The minimum absolute atomic E-state index is 0. The maximum absolute atomic E-state index is 8.66. The van der Waals surface area contributed by atoms with Crippen LogP contribution in [0, 0.1) is 0 Å². The van der Waals surface area contributed by atoms with E-state index >= 15 is 0 Å². The third-order valence-corrected chi connectivity index (χ3v) is 1.36. The van der Waals surface area contributed by atoms with Crippen LogP contribution in [0.5, 0.6) is 0 Å². The fraction of sp³-hybridized carbons (Fsp3) is 1.00. The van der Waals surface area contributed by atoms with Gasteiger partial charge < -0.3 is 21.9 Å². The van der Waals surface area contributed by atoms with E-state index in [-0.39, 0.29) is 54.3 Å². The van der Waals surface area contributed by atoms with Crippen LogP contribution in [0.25, 0.3) is 0 Å². The van der Waals surface area contributed by atoms with Crippen molar-refractivity contribution in [1.29, 1.82) is 0 Å². The minimum Gasteiger partial charge on any atom is -1.00 e. The maximum atomic E-state index is 8.66. The Morgan fingerprint density at radius 3 is 1.00 bits per heavy atom. The molecule has 17 heavy (non-hydrogen) atoms. The fourth-order valence-corrected chi connectivity index (χ4v) is 0.834. The minimum atomic E-state index is -1.22. The van der Waals surface area contributed by atoms with Crippen molar-refractivity contribution >= 4 is 0 Å². The van der Waals surface area contributed by atoms with E-state index in [1.165, 1.54) is 0 Å². The molecular weight excluding hydrogens is 238 g/mol. The first-order chi connectivity index (χ1) is 8.24. The molecule has 0 heterocycles. The van der Waals surface area contributed by atoms with E-state index in [1.807, 2.05) is 0 Å². The van der Waals surface area contributed by atoms with Crippen LogP contribution in [0.2, 0.25) is 0 Å². The van der Waals surface area contributed by atoms with E-state index in [0.717, 1.165) is 0 Å². The maximum Gasteiger partial charge on any atom is 0.247 e. The summed E-state index contributed by atoms with van der Waals surface area (Å²) in [4.78, 5) is 19.9. The highest BCUT2D eigenvalue weighted by Gasteiger charge is 2.38. The number of nitrogens with zero attached hydrogens (tertiary/aromatic N) is 1. The number of hydrogen-bond donors (Lipinski definition) is 4. The first-order valence-corrected chi connectivity index (χ1v) is 5.15. The van der Waals surface area contributed by atoms with Crippen LogP contribution in [0.3, 0.4) is 0 Å². The second-order valence-corrected chi connectivity index (χ2v) is 2.67. The van der Waals surface area contributed by atoms with Crippen LogP contribution in [-0.2, 0) is 19.4 Å². The van der Waals surface area contributed by atoms with Crippen LogP contribution in [-0.4, -0.2) is 78.4 Å². The Balaban J connectivity index is 0. The molecule has 0 aliphatic rings. The van der Waals surface area contributed by atoms with E-state index in [0.29, 0.717) is 0 Å². The highest BCUT2D eigenvalue weighted by molar-refractivity contribution is 4.16. The van der Waals surface area contributed by atoms with Crippen LogP contribution in [0.1, 0.15) is 1.43 Å². The number of rotatable bonds is 12. The van der Waals surface area contributed by atoms with Crippen LogP contribution >= 0.6 is 0 Å². The predicted octanol–water partition coefficient (Wildman–Crippen LogP) is -2.39. The highest BCUT2D eigenvalue weighted by Crippen LogP contribution is 2.12. The number of hydrogen-bond acceptors (Lipinski definition) is 8. The molecule has 0 saturated carbocycles. The van der Waals surface area contributed by atoms with Gasteiger partial charge in [0.1, 0.15) is 26.4 Å². The number of aliphatic hydroxyl groups is 4. The zero-order valence-corrected chi connectivity index (χ0v) is 9.53. The van der Waals surface area contributed by atoms with Crippen molar-refractivity contribution in [2.45, 2.75) is 0 Å². The van der Waals surface area contributed by atoms with E-state index in [2.05, 4.69) is 0 Å². The molecule has 0 spiro atoms.